The van der Waals surface area contributed by atoms with E-state index >= 15 is 0 Å². The fraction of sp³-hybridized carbons (Fsp3) is 0.118. The van der Waals surface area contributed by atoms with E-state index in [9.17, 15) is 22.4 Å². The van der Waals surface area contributed by atoms with E-state index in [1.54, 1.807) is 6.07 Å². The number of halogens is 5. The van der Waals surface area contributed by atoms with Gasteiger partial charge in [-0.3, -0.25) is 9.20 Å². The minimum absolute atomic E-state index is 0.0456. The summed E-state index contributed by atoms with van der Waals surface area (Å²) in [5.74, 6) is -0.899. The minimum atomic E-state index is -4.59. The Morgan fingerprint density at radius 1 is 1.26 bits per heavy atom. The summed E-state index contributed by atoms with van der Waals surface area (Å²) in [6.07, 6.45) is -1.20. The Labute approximate surface area is 155 Å². The van der Waals surface area contributed by atoms with Gasteiger partial charge >= 0.3 is 6.18 Å². The van der Waals surface area contributed by atoms with E-state index in [-0.39, 0.29) is 23.0 Å². The van der Waals surface area contributed by atoms with Crippen LogP contribution in [-0.4, -0.2) is 20.5 Å². The Balaban J connectivity index is 1.75. The molecule has 2 heterocycles. The van der Waals surface area contributed by atoms with Crippen molar-refractivity contribution < 1.29 is 22.4 Å². The Bertz CT molecular complexity index is 1030. The van der Waals surface area contributed by atoms with Crippen LogP contribution < -0.4 is 5.32 Å². The van der Waals surface area contributed by atoms with Crippen LogP contribution in [0.4, 0.5) is 17.6 Å². The van der Waals surface area contributed by atoms with E-state index in [4.69, 9.17) is 11.6 Å². The molecule has 0 unspecified atom stereocenters. The lowest BCUT2D eigenvalue weighted by atomic mass is 10.2. The summed E-state index contributed by atoms with van der Waals surface area (Å²) in [6, 6.07) is 6.39. The van der Waals surface area contributed by atoms with Crippen LogP contribution in [0, 0.1) is 5.82 Å². The summed E-state index contributed by atoms with van der Waals surface area (Å²) in [4.78, 5) is 11.9. The molecule has 3 aromatic rings. The van der Waals surface area contributed by atoms with Crippen LogP contribution in [-0.2, 0) is 17.5 Å². The fourth-order valence-corrected chi connectivity index (χ4v) is 2.53. The van der Waals surface area contributed by atoms with Crippen LogP contribution >= 0.6 is 11.6 Å². The molecule has 0 radical (unpaired) electrons. The molecule has 1 aromatic carbocycles. The lowest BCUT2D eigenvalue weighted by Gasteiger charge is -2.09. The number of fused-ring (bicyclic) bond motifs is 1. The number of amides is 1. The largest absolute Gasteiger partial charge is 0.417 e. The second-order valence-corrected chi connectivity index (χ2v) is 5.90. The highest BCUT2D eigenvalue weighted by Crippen LogP contribution is 2.32. The summed E-state index contributed by atoms with van der Waals surface area (Å²) < 4.78 is 52.9. The van der Waals surface area contributed by atoms with Crippen molar-refractivity contribution >= 4 is 29.2 Å². The molecule has 1 amide bonds. The maximum Gasteiger partial charge on any atom is 0.417 e. The summed E-state index contributed by atoms with van der Waals surface area (Å²) in [7, 11) is 0. The molecule has 2 aromatic heterocycles. The second-order valence-electron chi connectivity index (χ2n) is 5.49. The van der Waals surface area contributed by atoms with Gasteiger partial charge in [0.05, 0.1) is 17.1 Å². The number of hydrogen-bond acceptors (Lipinski definition) is 3. The molecule has 0 aliphatic carbocycles. The zero-order valence-corrected chi connectivity index (χ0v) is 14.2. The van der Waals surface area contributed by atoms with E-state index < -0.39 is 23.5 Å². The van der Waals surface area contributed by atoms with E-state index in [0.29, 0.717) is 5.56 Å². The van der Waals surface area contributed by atoms with E-state index in [1.165, 1.54) is 30.4 Å². The first-order chi connectivity index (χ1) is 12.7. The van der Waals surface area contributed by atoms with Gasteiger partial charge in [-0.1, -0.05) is 23.7 Å². The number of hydrogen-bond donors (Lipinski definition) is 1. The van der Waals surface area contributed by atoms with Crippen LogP contribution in [0.15, 0.2) is 42.6 Å². The van der Waals surface area contributed by atoms with Gasteiger partial charge in [0.2, 0.25) is 5.91 Å². The number of nitrogens with one attached hydrogen (secondary N) is 1. The third-order valence-electron chi connectivity index (χ3n) is 3.55. The number of rotatable bonds is 4. The van der Waals surface area contributed by atoms with Gasteiger partial charge in [-0.05, 0) is 29.8 Å². The molecule has 0 fully saturated rings. The summed E-state index contributed by atoms with van der Waals surface area (Å²) in [6.45, 7) is -0.175. The molecule has 27 heavy (non-hydrogen) atoms. The first kappa shape index (κ1) is 18.8. The normalized spacial score (nSPS) is 12.0. The molecular formula is C17H11ClF4N4O. The summed E-state index contributed by atoms with van der Waals surface area (Å²) in [5.41, 5.74) is -0.428. The van der Waals surface area contributed by atoms with E-state index in [1.807, 2.05) is 0 Å². The maximum atomic E-state index is 13.1. The van der Waals surface area contributed by atoms with Crippen LogP contribution in [0.3, 0.4) is 0 Å². The highest BCUT2D eigenvalue weighted by Gasteiger charge is 2.32. The van der Waals surface area contributed by atoms with Crippen LogP contribution in [0.2, 0.25) is 5.02 Å². The molecule has 3 rings (SSSR count). The quantitative estimate of drug-likeness (QED) is 0.536. The van der Waals surface area contributed by atoms with Crippen LogP contribution in [0.1, 0.15) is 17.0 Å². The van der Waals surface area contributed by atoms with Gasteiger partial charge in [-0.25, -0.2) is 4.39 Å². The Kier molecular flexibility index (Phi) is 5.13. The van der Waals surface area contributed by atoms with Crippen molar-refractivity contribution in [2.24, 2.45) is 0 Å². The summed E-state index contributed by atoms with van der Waals surface area (Å²) >= 11 is 5.82. The van der Waals surface area contributed by atoms with Gasteiger partial charge in [0, 0.05) is 12.3 Å². The van der Waals surface area contributed by atoms with E-state index in [2.05, 4.69) is 15.5 Å². The lowest BCUT2D eigenvalue weighted by molar-refractivity contribution is -0.137. The highest BCUT2D eigenvalue weighted by molar-refractivity contribution is 6.33. The molecule has 140 valence electrons. The molecule has 0 atom stereocenters. The van der Waals surface area contributed by atoms with Crippen molar-refractivity contribution in [1.82, 2.24) is 19.9 Å². The molecule has 0 saturated heterocycles. The van der Waals surface area contributed by atoms with Gasteiger partial charge in [0.15, 0.2) is 11.5 Å². The van der Waals surface area contributed by atoms with Crippen molar-refractivity contribution in [3.8, 4) is 0 Å². The Morgan fingerprint density at radius 2 is 2.04 bits per heavy atom. The van der Waals surface area contributed by atoms with Crippen molar-refractivity contribution in [2.75, 3.05) is 0 Å². The molecule has 0 saturated carbocycles. The second kappa shape index (κ2) is 7.36. The standard InChI is InChI=1S/C17H11ClF4N4O/c18-13-7-11(17(20,21)22)9-26-14(24-25-16(13)26)8-23-15(27)5-4-10-2-1-3-12(19)6-10/h1-7,9H,8H2,(H,23,27)/b5-4+. The molecular weight excluding hydrogens is 388 g/mol. The molecule has 0 bridgehead atoms. The molecule has 0 aliphatic heterocycles. The molecule has 0 spiro atoms. The third kappa shape index (κ3) is 4.43. The predicted molar refractivity (Wildman–Crippen MR) is 90.3 cm³/mol. The minimum Gasteiger partial charge on any atom is -0.345 e. The number of pyridine rings is 1. The zero-order chi connectivity index (χ0) is 19.6. The Hall–Kier alpha value is -2.94. The average Bonchev–Trinajstić information content (AvgIpc) is 3.01. The first-order valence-corrected chi connectivity index (χ1v) is 7.93. The van der Waals surface area contributed by atoms with Crippen LogP contribution in [0.25, 0.3) is 11.7 Å². The zero-order valence-electron chi connectivity index (χ0n) is 13.5. The van der Waals surface area contributed by atoms with Gasteiger partial charge in [-0.15, -0.1) is 10.2 Å². The van der Waals surface area contributed by atoms with Crippen LogP contribution in [0.5, 0.6) is 0 Å². The lowest BCUT2D eigenvalue weighted by Crippen LogP contribution is -2.22. The molecule has 10 heteroatoms. The van der Waals surface area contributed by atoms with Crippen molar-refractivity contribution in [1.29, 1.82) is 0 Å². The molecule has 0 aliphatic rings. The number of aromatic nitrogens is 3. The molecule has 1 N–H and O–H groups in total. The van der Waals surface area contributed by atoms with Crippen molar-refractivity contribution in [3.05, 3.63) is 70.4 Å². The number of carbonyl (C=O) groups is 1. The first-order valence-electron chi connectivity index (χ1n) is 7.56. The van der Waals surface area contributed by atoms with Gasteiger partial charge in [0.25, 0.3) is 0 Å². The third-order valence-corrected chi connectivity index (χ3v) is 3.83. The Morgan fingerprint density at radius 3 is 2.74 bits per heavy atom. The average molecular weight is 399 g/mol. The predicted octanol–water partition coefficient (Wildman–Crippen LogP) is 3.87. The topological polar surface area (TPSA) is 59.3 Å². The van der Waals surface area contributed by atoms with Gasteiger partial charge < -0.3 is 5.32 Å². The maximum absolute atomic E-state index is 13.1. The van der Waals surface area contributed by atoms with Crippen molar-refractivity contribution in [3.63, 3.8) is 0 Å². The number of benzene rings is 1. The SMILES string of the molecule is O=C(/C=C/c1cccc(F)c1)NCc1nnc2c(Cl)cc(C(F)(F)F)cn12. The highest BCUT2D eigenvalue weighted by atomic mass is 35.5. The fourth-order valence-electron chi connectivity index (χ4n) is 2.28. The number of carbonyl (C=O) groups excluding carboxylic acids is 1. The monoisotopic (exact) mass is 398 g/mol. The summed E-state index contributed by atoms with van der Waals surface area (Å²) in [5, 5.41) is 9.74. The van der Waals surface area contributed by atoms with Crippen molar-refractivity contribution in [2.45, 2.75) is 12.7 Å². The number of nitrogens with zero attached hydrogens (tertiary/aromatic N) is 3. The smallest absolute Gasteiger partial charge is 0.345 e. The van der Waals surface area contributed by atoms with E-state index in [0.717, 1.165) is 16.7 Å². The van der Waals surface area contributed by atoms with Gasteiger partial charge in [0.1, 0.15) is 5.82 Å². The number of alkyl halides is 3. The molecule has 5 nitrogen and oxygen atoms in total. The van der Waals surface area contributed by atoms with Gasteiger partial charge in [-0.2, -0.15) is 13.2 Å².